The maximum Gasteiger partial charge on any atom is 0.235 e. The van der Waals surface area contributed by atoms with Gasteiger partial charge in [0.1, 0.15) is 16.5 Å². The molecule has 7 heteroatoms. The molecule has 1 fully saturated rings. The molecule has 0 saturated carbocycles. The maximum absolute atomic E-state index is 10.7. The molecule has 1 atom stereocenters. The number of piperidine rings is 1. The molecule has 1 aliphatic rings. The number of quaternary nitrogens is 1. The summed E-state index contributed by atoms with van der Waals surface area (Å²) in [6, 6.07) is 4.03. The Hall–Kier alpha value is -1.86. The molecule has 24 heavy (non-hydrogen) atoms. The predicted molar refractivity (Wildman–Crippen MR) is 91.6 cm³/mol. The number of nitrogens with zero attached hydrogens (tertiary/aromatic N) is 3. The summed E-state index contributed by atoms with van der Waals surface area (Å²) in [5.41, 5.74) is 0. The van der Waals surface area contributed by atoms with Gasteiger partial charge in [-0.25, -0.2) is 4.98 Å². The Morgan fingerprint density at radius 3 is 2.71 bits per heavy atom. The largest absolute Gasteiger partial charge is 0.492 e. The number of aromatic hydroxyl groups is 1. The highest BCUT2D eigenvalue weighted by Gasteiger charge is 2.36. The van der Waals surface area contributed by atoms with Crippen LogP contribution in [0, 0.1) is 19.8 Å². The van der Waals surface area contributed by atoms with Crippen molar-refractivity contribution in [2.75, 3.05) is 13.1 Å². The number of furan rings is 1. The minimum atomic E-state index is 0.00000567. The number of rotatable bonds is 3. The minimum Gasteiger partial charge on any atom is -0.492 e. The normalized spacial score (nSPS) is 23.0. The standard InChI is InChI=1S/C17H22N4O2S/c1-10-6-8-20(9-7-10)14(13-5-4-11(2)23-13)15-16(22)21-17(24-15)18-12(3)19-21/h4-5,10,14,22H,6-9H2,1-3H3/p+1/t14-/m1/s1. The molecule has 0 unspecified atom stereocenters. The molecule has 2 N–H and O–H groups in total. The van der Waals surface area contributed by atoms with Crippen LogP contribution in [0.15, 0.2) is 16.5 Å². The van der Waals surface area contributed by atoms with E-state index in [0.29, 0.717) is 5.82 Å². The van der Waals surface area contributed by atoms with Crippen LogP contribution >= 0.6 is 11.3 Å². The van der Waals surface area contributed by atoms with E-state index < -0.39 is 0 Å². The van der Waals surface area contributed by atoms with Gasteiger partial charge in [-0.15, -0.1) is 5.10 Å². The molecule has 4 heterocycles. The molecular formula is C17H23N4O2S+. The minimum absolute atomic E-state index is 0.00000567. The number of hydrogen-bond donors (Lipinski definition) is 2. The molecule has 0 aliphatic carbocycles. The summed E-state index contributed by atoms with van der Waals surface area (Å²) < 4.78 is 7.50. The second-order valence-electron chi connectivity index (χ2n) is 6.87. The van der Waals surface area contributed by atoms with Crippen LogP contribution in [0.3, 0.4) is 0 Å². The Morgan fingerprint density at radius 2 is 2.08 bits per heavy atom. The quantitative estimate of drug-likeness (QED) is 0.761. The second kappa shape index (κ2) is 5.89. The summed E-state index contributed by atoms with van der Waals surface area (Å²) in [6.07, 6.45) is 2.40. The van der Waals surface area contributed by atoms with Crippen molar-refractivity contribution in [1.29, 1.82) is 0 Å². The topological polar surface area (TPSA) is 68.0 Å². The molecular weight excluding hydrogens is 324 g/mol. The van der Waals surface area contributed by atoms with E-state index >= 15 is 0 Å². The molecule has 128 valence electrons. The van der Waals surface area contributed by atoms with E-state index in [4.69, 9.17) is 4.42 Å². The van der Waals surface area contributed by atoms with Crippen LogP contribution in [0.4, 0.5) is 0 Å². The van der Waals surface area contributed by atoms with E-state index in [1.165, 1.54) is 29.1 Å². The van der Waals surface area contributed by atoms with Crippen molar-refractivity contribution in [3.05, 3.63) is 34.4 Å². The second-order valence-corrected chi connectivity index (χ2v) is 7.87. The van der Waals surface area contributed by atoms with Gasteiger partial charge in [0, 0.05) is 0 Å². The lowest BCUT2D eigenvalue weighted by molar-refractivity contribution is -0.932. The van der Waals surface area contributed by atoms with Gasteiger partial charge in [-0.1, -0.05) is 18.3 Å². The third kappa shape index (κ3) is 2.61. The number of aryl methyl sites for hydroxylation is 2. The third-order valence-corrected chi connectivity index (χ3v) is 6.02. The molecule has 1 aliphatic heterocycles. The van der Waals surface area contributed by atoms with Crippen molar-refractivity contribution in [2.24, 2.45) is 5.92 Å². The van der Waals surface area contributed by atoms with E-state index in [1.54, 1.807) is 4.52 Å². The van der Waals surface area contributed by atoms with Crippen LogP contribution in [-0.4, -0.2) is 32.8 Å². The van der Waals surface area contributed by atoms with Gasteiger partial charge in [0.2, 0.25) is 10.8 Å². The molecule has 0 aromatic carbocycles. The monoisotopic (exact) mass is 347 g/mol. The summed E-state index contributed by atoms with van der Waals surface area (Å²) in [5.74, 6) is 3.45. The zero-order valence-corrected chi connectivity index (χ0v) is 15.1. The summed E-state index contributed by atoms with van der Waals surface area (Å²) in [5, 5.41) is 15.0. The number of likely N-dealkylation sites (tertiary alicyclic amines) is 1. The molecule has 4 rings (SSSR count). The highest BCUT2D eigenvalue weighted by atomic mass is 32.1. The van der Waals surface area contributed by atoms with Crippen LogP contribution in [-0.2, 0) is 0 Å². The highest BCUT2D eigenvalue weighted by molar-refractivity contribution is 7.17. The number of nitrogens with one attached hydrogen (secondary N) is 1. The Bertz CT molecular complexity index is 857. The Labute approximate surface area is 144 Å². The summed E-state index contributed by atoms with van der Waals surface area (Å²) in [4.78, 5) is 7.47. The van der Waals surface area contributed by atoms with Crippen LogP contribution in [0.25, 0.3) is 4.96 Å². The molecule has 6 nitrogen and oxygen atoms in total. The number of fused-ring (bicyclic) bond motifs is 1. The molecule has 1 saturated heterocycles. The van der Waals surface area contributed by atoms with E-state index in [1.807, 2.05) is 26.0 Å². The first-order valence-corrected chi connectivity index (χ1v) is 9.30. The van der Waals surface area contributed by atoms with Gasteiger partial charge in [-0.2, -0.15) is 4.52 Å². The van der Waals surface area contributed by atoms with Crippen molar-refractivity contribution in [2.45, 2.75) is 39.7 Å². The first kappa shape index (κ1) is 15.7. The van der Waals surface area contributed by atoms with Gasteiger partial charge in [-0.3, -0.25) is 0 Å². The Morgan fingerprint density at radius 1 is 1.33 bits per heavy atom. The molecule has 3 aromatic rings. The molecule has 0 spiro atoms. The number of thiazole rings is 1. The van der Waals surface area contributed by atoms with Gasteiger partial charge < -0.3 is 14.4 Å². The van der Waals surface area contributed by atoms with Crippen LogP contribution in [0.2, 0.25) is 0 Å². The van der Waals surface area contributed by atoms with Gasteiger partial charge in [-0.05, 0) is 44.7 Å². The van der Waals surface area contributed by atoms with Crippen molar-refractivity contribution in [3.8, 4) is 5.88 Å². The van der Waals surface area contributed by atoms with E-state index in [9.17, 15) is 5.11 Å². The SMILES string of the molecule is Cc1nc2sc([C@@H](c3ccc(C)o3)[NH+]3CCC(C)CC3)c(O)n2n1. The third-order valence-electron chi connectivity index (χ3n) is 4.94. The zero-order chi connectivity index (χ0) is 16.8. The lowest BCUT2D eigenvalue weighted by Gasteiger charge is -2.32. The number of hydrogen-bond acceptors (Lipinski definition) is 5. The van der Waals surface area contributed by atoms with E-state index in [2.05, 4.69) is 17.0 Å². The van der Waals surface area contributed by atoms with E-state index in [0.717, 1.165) is 40.4 Å². The first-order chi connectivity index (χ1) is 11.5. The fourth-order valence-electron chi connectivity index (χ4n) is 3.58. The average molecular weight is 347 g/mol. The maximum atomic E-state index is 10.7. The summed E-state index contributed by atoms with van der Waals surface area (Å²) in [6.45, 7) is 8.27. The molecule has 0 radical (unpaired) electrons. The van der Waals surface area contributed by atoms with E-state index in [-0.39, 0.29) is 11.9 Å². The summed E-state index contributed by atoms with van der Waals surface area (Å²) in [7, 11) is 0. The van der Waals surface area contributed by atoms with Gasteiger partial charge >= 0.3 is 0 Å². The van der Waals surface area contributed by atoms with Gasteiger partial charge in [0.05, 0.1) is 13.1 Å². The van der Waals surface area contributed by atoms with Crippen LogP contribution in [0.1, 0.15) is 48.0 Å². The Kier molecular flexibility index (Phi) is 3.85. The smallest absolute Gasteiger partial charge is 0.235 e. The molecule has 3 aromatic heterocycles. The van der Waals surface area contributed by atoms with Crippen LogP contribution < -0.4 is 4.90 Å². The van der Waals surface area contributed by atoms with Crippen molar-refractivity contribution >= 4 is 16.3 Å². The molecule has 0 amide bonds. The lowest BCUT2D eigenvalue weighted by Crippen LogP contribution is -3.13. The Balaban J connectivity index is 1.78. The zero-order valence-electron chi connectivity index (χ0n) is 14.2. The van der Waals surface area contributed by atoms with Crippen molar-refractivity contribution < 1.29 is 14.4 Å². The van der Waals surface area contributed by atoms with Gasteiger partial charge in [0.25, 0.3) is 0 Å². The fourth-order valence-corrected chi connectivity index (χ4v) is 4.75. The number of aromatic nitrogens is 3. The highest BCUT2D eigenvalue weighted by Crippen LogP contribution is 2.35. The van der Waals surface area contributed by atoms with Crippen molar-refractivity contribution in [3.63, 3.8) is 0 Å². The van der Waals surface area contributed by atoms with Crippen molar-refractivity contribution in [1.82, 2.24) is 14.6 Å². The predicted octanol–water partition coefficient (Wildman–Crippen LogP) is 2.11. The fraction of sp³-hybridized carbons (Fsp3) is 0.529. The average Bonchev–Trinajstić information content (AvgIpc) is 3.20. The molecule has 0 bridgehead atoms. The van der Waals surface area contributed by atoms with Gasteiger partial charge in [0.15, 0.2) is 11.8 Å². The summed E-state index contributed by atoms with van der Waals surface area (Å²) >= 11 is 1.51. The first-order valence-electron chi connectivity index (χ1n) is 8.49. The lowest BCUT2D eigenvalue weighted by atomic mass is 9.97. The van der Waals surface area contributed by atoms with Crippen LogP contribution in [0.5, 0.6) is 5.88 Å².